The summed E-state index contributed by atoms with van der Waals surface area (Å²) >= 11 is 0. The fraction of sp³-hybridized carbons (Fsp3) is 0.753. The summed E-state index contributed by atoms with van der Waals surface area (Å²) in [5.74, 6) is 21.3. The van der Waals surface area contributed by atoms with Crippen LogP contribution >= 0.6 is 0 Å². The number of unbranched alkanes of at least 4 members (excludes halogenated alkanes) is 48. The Bertz CT molecular complexity index is 1990. The van der Waals surface area contributed by atoms with Gasteiger partial charge in [0.25, 0.3) is 0 Å². The van der Waals surface area contributed by atoms with E-state index >= 15 is 0 Å². The Morgan fingerprint density at radius 3 is 0.833 bits per heavy atom. The van der Waals surface area contributed by atoms with E-state index in [4.69, 9.17) is 9.98 Å². The average Bonchev–Trinajstić information content (AvgIpc) is 3.51. The van der Waals surface area contributed by atoms with Crippen molar-refractivity contribution in [3.63, 3.8) is 0 Å². The maximum absolute atomic E-state index is 5.47. The van der Waals surface area contributed by atoms with Gasteiger partial charge in [-0.1, -0.05) is 346 Å². The van der Waals surface area contributed by atoms with Crippen LogP contribution in [0.15, 0.2) is 58.5 Å². The van der Waals surface area contributed by atoms with E-state index in [1.165, 1.54) is 294 Å². The number of hydrogen-bond donors (Lipinski definition) is 0. The fourth-order valence-corrected chi connectivity index (χ4v) is 11.7. The molecule has 2 rings (SSSR count). The van der Waals surface area contributed by atoms with Gasteiger partial charge < -0.3 is 0 Å². The molecule has 0 N–H and O–H groups in total. The first-order valence-electron chi connectivity index (χ1n) is 37.0. The molecule has 0 aromatic heterocycles. The second kappa shape index (κ2) is 64.4. The molecule has 0 saturated heterocycles. The zero-order valence-corrected chi connectivity index (χ0v) is 57.1. The smallest absolute Gasteiger partial charge is 0.135 e. The minimum atomic E-state index is 0. The molecule has 2 nitrogen and oxygen atoms in total. The number of rotatable bonds is 57. The summed E-state index contributed by atoms with van der Waals surface area (Å²) in [6.07, 6.45) is 75.1. The van der Waals surface area contributed by atoms with Gasteiger partial charge in [-0.3, -0.25) is 4.99 Å². The van der Waals surface area contributed by atoms with Crippen molar-refractivity contribution in [3.05, 3.63) is 59.7 Å². The molecule has 3 heteroatoms. The van der Waals surface area contributed by atoms with Gasteiger partial charge in [0.1, 0.15) is 5.71 Å². The molecule has 0 spiro atoms. The third kappa shape index (κ3) is 50.0. The van der Waals surface area contributed by atoms with Gasteiger partial charge in [-0.05, 0) is 87.0 Å². The number of hydrogen-bond acceptors (Lipinski definition) is 2. The molecule has 478 valence electrons. The normalized spacial score (nSPS) is 11.4. The van der Waals surface area contributed by atoms with Gasteiger partial charge >= 0.3 is 0 Å². The number of aliphatic imine (C=N–C) groups is 2. The molecule has 0 aliphatic heterocycles. The van der Waals surface area contributed by atoms with E-state index in [1.807, 2.05) is 0 Å². The third-order valence-corrected chi connectivity index (χ3v) is 17.2. The van der Waals surface area contributed by atoms with Crippen LogP contribution in [0.5, 0.6) is 0 Å². The average molecular weight is 1190 g/mol. The molecule has 84 heavy (non-hydrogen) atoms. The maximum Gasteiger partial charge on any atom is 0.135 e. The monoisotopic (exact) mass is 1190 g/mol. The molecule has 2 aromatic carbocycles. The molecule has 0 heterocycles. The van der Waals surface area contributed by atoms with Gasteiger partial charge in [0.05, 0.1) is 17.1 Å². The molecule has 0 aliphatic rings. The van der Waals surface area contributed by atoms with Crippen LogP contribution in [0.4, 0.5) is 11.4 Å². The van der Waals surface area contributed by atoms with Crippen LogP contribution in [0.3, 0.4) is 0 Å². The molecular formula is C81H134N2Ni. The molecule has 0 fully saturated rings. The van der Waals surface area contributed by atoms with Crippen LogP contribution in [0.25, 0.3) is 0 Å². The second-order valence-corrected chi connectivity index (χ2v) is 25.2. The van der Waals surface area contributed by atoms with Crippen molar-refractivity contribution in [2.24, 2.45) is 9.98 Å². The van der Waals surface area contributed by atoms with Gasteiger partial charge in [0.2, 0.25) is 0 Å². The van der Waals surface area contributed by atoms with Crippen LogP contribution in [0, 0.1) is 35.5 Å². The van der Waals surface area contributed by atoms with E-state index in [0.29, 0.717) is 0 Å². The molecule has 0 atom stereocenters. The van der Waals surface area contributed by atoms with Crippen LogP contribution in [-0.4, -0.2) is 11.4 Å². The molecule has 0 radical (unpaired) electrons. The van der Waals surface area contributed by atoms with Gasteiger partial charge in [-0.2, -0.15) is 0 Å². The summed E-state index contributed by atoms with van der Waals surface area (Å²) in [4.78, 5) is 10.9. The molecule has 0 aliphatic carbocycles. The van der Waals surface area contributed by atoms with Gasteiger partial charge in [0, 0.05) is 48.6 Å². The first-order valence-corrected chi connectivity index (χ1v) is 37.0. The van der Waals surface area contributed by atoms with Crippen molar-refractivity contribution in [1.29, 1.82) is 0 Å². The van der Waals surface area contributed by atoms with E-state index in [9.17, 15) is 0 Å². The predicted molar refractivity (Wildman–Crippen MR) is 374 cm³/mol. The maximum atomic E-state index is 5.47. The first-order chi connectivity index (χ1) is 41.2. The Balaban J connectivity index is 0.0000353. The van der Waals surface area contributed by atoms with Crippen molar-refractivity contribution >= 4 is 22.8 Å². The zero-order chi connectivity index (χ0) is 59.1. The van der Waals surface area contributed by atoms with E-state index < -0.39 is 0 Å². The molecule has 0 amide bonds. The minimum absolute atomic E-state index is 0. The summed E-state index contributed by atoms with van der Waals surface area (Å²) in [6.45, 7) is 9.17. The molecular weight excluding hydrogens is 1060 g/mol. The summed E-state index contributed by atoms with van der Waals surface area (Å²) in [6, 6.07) is 17.5. The van der Waals surface area contributed by atoms with Crippen LogP contribution in [0.1, 0.15) is 392 Å². The van der Waals surface area contributed by atoms with Crippen LogP contribution in [0.2, 0.25) is 0 Å². The summed E-state index contributed by atoms with van der Waals surface area (Å²) in [5, 5.41) is 0. The van der Waals surface area contributed by atoms with Crippen molar-refractivity contribution in [3.8, 4) is 35.5 Å². The third-order valence-electron chi connectivity index (χ3n) is 17.2. The first kappa shape index (κ1) is 79.0. The zero-order valence-electron chi connectivity index (χ0n) is 56.1. The Morgan fingerprint density at radius 2 is 0.524 bits per heavy atom. The predicted octanol–water partition coefficient (Wildman–Crippen LogP) is 27.2. The molecule has 0 unspecified atom stereocenters. The van der Waals surface area contributed by atoms with Gasteiger partial charge in [-0.15, -0.1) is 23.7 Å². The van der Waals surface area contributed by atoms with Crippen molar-refractivity contribution < 1.29 is 16.5 Å². The van der Waals surface area contributed by atoms with Gasteiger partial charge in [0.15, 0.2) is 0 Å². The van der Waals surface area contributed by atoms with Crippen molar-refractivity contribution in [2.75, 3.05) is 0 Å². The van der Waals surface area contributed by atoms with Gasteiger partial charge in [-0.25, -0.2) is 4.99 Å². The number of benzene rings is 2. The van der Waals surface area contributed by atoms with E-state index in [0.717, 1.165) is 106 Å². The van der Waals surface area contributed by atoms with E-state index in [1.54, 1.807) is 0 Å². The Hall–Kier alpha value is -3.05. The number of nitrogens with zero attached hydrogens (tertiary/aromatic N) is 2. The van der Waals surface area contributed by atoms with Crippen molar-refractivity contribution in [2.45, 2.75) is 394 Å². The van der Waals surface area contributed by atoms with E-state index in [2.05, 4.69) is 112 Å². The molecule has 0 bridgehead atoms. The minimum Gasteiger partial charge on any atom is -0.250 e. The quantitative estimate of drug-likeness (QED) is 0.0273. The molecule has 0 saturated carbocycles. The number of para-hydroxylation sites is 2. The standard InChI is InChI=1S/C81H134N2.Ni/c1-5-9-13-16-19-21-23-25-27-29-31-33-35-37-39-41-43-45-47-49-51-53-56-58-61-68-76-70-64-66-73-78(76)82-80(72-12-8-4)81(75-63-60-55-18-15-11-7-3)83-79-74-67-65-71-77(79)69-62-59-57-54-52-50-48-46-44-42-40-38-36-34-32-30-28-26-24-22-20-17-14-10-6-2;/h64-67,70-71,73-74H,5-52,55,58-62,68-69,72H2,1-4H3;/b82-80-,83-81+;. The topological polar surface area (TPSA) is 24.7 Å². The Labute approximate surface area is 535 Å². The summed E-state index contributed by atoms with van der Waals surface area (Å²) < 4.78 is 0. The second-order valence-electron chi connectivity index (χ2n) is 25.2. The Kier molecular flexibility index (Phi) is 60.6. The summed E-state index contributed by atoms with van der Waals surface area (Å²) in [5.41, 5.74) is 6.55. The number of aryl methyl sites for hydroxylation is 2. The SMILES string of the molecule is CCCCCCCC#CC(=N\c1ccccc1CCCC#CCCCCCCCCCCCCCCCCCCCCCC)/C(CCCC)=N\c1ccccc1CCCC#CCCCCCCCCCCCCCCCCCCCCCC.[Ni]. The Morgan fingerprint density at radius 1 is 0.274 bits per heavy atom. The van der Waals surface area contributed by atoms with Crippen molar-refractivity contribution in [1.82, 2.24) is 0 Å². The fourth-order valence-electron chi connectivity index (χ4n) is 11.7. The van der Waals surface area contributed by atoms with E-state index in [-0.39, 0.29) is 16.5 Å². The largest absolute Gasteiger partial charge is 0.250 e. The summed E-state index contributed by atoms with van der Waals surface area (Å²) in [7, 11) is 0. The van der Waals surface area contributed by atoms with Crippen LogP contribution < -0.4 is 0 Å². The molecule has 2 aromatic rings. The van der Waals surface area contributed by atoms with Crippen LogP contribution in [-0.2, 0) is 29.3 Å².